The Morgan fingerprint density at radius 2 is 2.00 bits per heavy atom. The maximum atomic E-state index is 5.38. The lowest BCUT2D eigenvalue weighted by molar-refractivity contribution is 0.158. The number of rotatable bonds is 2. The van der Waals surface area contributed by atoms with E-state index in [1.165, 1.54) is 32.1 Å². The quantitative estimate of drug-likeness (QED) is 0.871. The molecular formula is C13H22N4O. The van der Waals surface area contributed by atoms with Gasteiger partial charge in [0.05, 0.1) is 6.04 Å². The standard InChI is InChI=1S/C13H22N4O/c1-17(2)13-15-12(18-16-13)11-8-7-9-5-3-4-6-10(9)14-11/h9-11,14H,3-8H2,1-2H3. The van der Waals surface area contributed by atoms with Crippen molar-refractivity contribution in [2.75, 3.05) is 19.0 Å². The van der Waals surface area contributed by atoms with Crippen LogP contribution in [0.15, 0.2) is 4.52 Å². The predicted molar refractivity (Wildman–Crippen MR) is 69.5 cm³/mol. The van der Waals surface area contributed by atoms with E-state index in [2.05, 4.69) is 15.5 Å². The first-order valence-electron chi connectivity index (χ1n) is 7.01. The Hall–Kier alpha value is -1.10. The molecule has 0 aromatic carbocycles. The SMILES string of the molecule is CN(C)c1noc(C2CCC3CCCCC3N2)n1. The summed E-state index contributed by atoms with van der Waals surface area (Å²) >= 11 is 0. The first-order valence-corrected chi connectivity index (χ1v) is 7.01. The molecule has 1 aliphatic heterocycles. The van der Waals surface area contributed by atoms with E-state index in [0.717, 1.165) is 18.2 Å². The smallest absolute Gasteiger partial charge is 0.265 e. The number of piperidine rings is 1. The number of hydrogen-bond acceptors (Lipinski definition) is 5. The zero-order valence-electron chi connectivity index (χ0n) is 11.2. The number of nitrogens with zero attached hydrogens (tertiary/aromatic N) is 3. The molecule has 2 heterocycles. The van der Waals surface area contributed by atoms with Crippen molar-refractivity contribution >= 4 is 5.95 Å². The van der Waals surface area contributed by atoms with Crippen molar-refractivity contribution in [2.24, 2.45) is 5.92 Å². The molecule has 1 aliphatic carbocycles. The average Bonchev–Trinajstić information content (AvgIpc) is 2.88. The molecule has 18 heavy (non-hydrogen) atoms. The summed E-state index contributed by atoms with van der Waals surface area (Å²) in [6.07, 6.45) is 7.86. The van der Waals surface area contributed by atoms with Crippen molar-refractivity contribution in [1.82, 2.24) is 15.5 Å². The Morgan fingerprint density at radius 3 is 2.78 bits per heavy atom. The number of aromatic nitrogens is 2. The third-order valence-electron chi connectivity index (χ3n) is 4.28. The lowest BCUT2D eigenvalue weighted by atomic mass is 9.78. The highest BCUT2D eigenvalue weighted by Gasteiger charge is 2.34. The van der Waals surface area contributed by atoms with Gasteiger partial charge in [0.15, 0.2) is 0 Å². The Labute approximate surface area is 108 Å². The van der Waals surface area contributed by atoms with Gasteiger partial charge in [-0.2, -0.15) is 4.98 Å². The van der Waals surface area contributed by atoms with Gasteiger partial charge in [-0.05, 0) is 36.8 Å². The van der Waals surface area contributed by atoms with Gasteiger partial charge in [0.25, 0.3) is 5.95 Å². The third-order valence-corrected chi connectivity index (χ3v) is 4.28. The number of anilines is 1. The van der Waals surface area contributed by atoms with Gasteiger partial charge in [0, 0.05) is 20.1 Å². The lowest BCUT2D eigenvalue weighted by Crippen LogP contribution is -2.44. The number of fused-ring (bicyclic) bond motifs is 1. The van der Waals surface area contributed by atoms with Crippen molar-refractivity contribution in [2.45, 2.75) is 50.6 Å². The highest BCUT2D eigenvalue weighted by molar-refractivity contribution is 5.24. The highest BCUT2D eigenvalue weighted by Crippen LogP contribution is 2.36. The molecule has 5 heteroatoms. The summed E-state index contributed by atoms with van der Waals surface area (Å²) in [5.41, 5.74) is 0. The summed E-state index contributed by atoms with van der Waals surface area (Å²) in [7, 11) is 3.86. The summed E-state index contributed by atoms with van der Waals surface area (Å²) in [6.45, 7) is 0. The van der Waals surface area contributed by atoms with Gasteiger partial charge in [-0.1, -0.05) is 12.8 Å². The Morgan fingerprint density at radius 1 is 1.17 bits per heavy atom. The second-order valence-electron chi connectivity index (χ2n) is 5.77. The van der Waals surface area contributed by atoms with E-state index in [0.29, 0.717) is 12.0 Å². The predicted octanol–water partition coefficient (Wildman–Crippen LogP) is 2.12. The van der Waals surface area contributed by atoms with E-state index in [1.807, 2.05) is 19.0 Å². The Balaban J connectivity index is 1.69. The molecule has 0 radical (unpaired) electrons. The van der Waals surface area contributed by atoms with Crippen molar-refractivity contribution in [1.29, 1.82) is 0 Å². The lowest BCUT2D eigenvalue weighted by Gasteiger charge is -2.39. The minimum absolute atomic E-state index is 0.255. The monoisotopic (exact) mass is 250 g/mol. The van der Waals surface area contributed by atoms with Crippen LogP contribution in [0.1, 0.15) is 50.5 Å². The van der Waals surface area contributed by atoms with Crippen LogP contribution in [-0.4, -0.2) is 30.3 Å². The van der Waals surface area contributed by atoms with Crippen LogP contribution >= 0.6 is 0 Å². The van der Waals surface area contributed by atoms with Gasteiger partial charge < -0.3 is 14.7 Å². The van der Waals surface area contributed by atoms with Gasteiger partial charge in [0.2, 0.25) is 5.89 Å². The second kappa shape index (κ2) is 4.88. The summed E-state index contributed by atoms with van der Waals surface area (Å²) in [4.78, 5) is 6.33. The van der Waals surface area contributed by atoms with Crippen LogP contribution in [-0.2, 0) is 0 Å². The summed E-state index contributed by atoms with van der Waals surface area (Å²) in [6, 6.07) is 0.915. The first-order chi connectivity index (χ1) is 8.74. The average molecular weight is 250 g/mol. The van der Waals surface area contributed by atoms with Crippen LogP contribution in [0, 0.1) is 5.92 Å². The van der Waals surface area contributed by atoms with Gasteiger partial charge in [-0.3, -0.25) is 0 Å². The molecule has 1 aromatic heterocycles. The molecule has 1 saturated heterocycles. The highest BCUT2D eigenvalue weighted by atomic mass is 16.5. The maximum Gasteiger partial charge on any atom is 0.265 e. The molecule has 2 aliphatic rings. The van der Waals surface area contributed by atoms with Crippen molar-refractivity contribution < 1.29 is 4.52 Å². The maximum absolute atomic E-state index is 5.38. The van der Waals surface area contributed by atoms with Crippen LogP contribution in [0.5, 0.6) is 0 Å². The first kappa shape index (κ1) is 12.0. The molecule has 3 atom stereocenters. The van der Waals surface area contributed by atoms with Crippen LogP contribution < -0.4 is 10.2 Å². The molecule has 0 bridgehead atoms. The zero-order chi connectivity index (χ0) is 12.5. The zero-order valence-corrected chi connectivity index (χ0v) is 11.2. The fourth-order valence-electron chi connectivity index (χ4n) is 3.24. The second-order valence-corrected chi connectivity index (χ2v) is 5.77. The van der Waals surface area contributed by atoms with E-state index in [4.69, 9.17) is 4.52 Å². The minimum atomic E-state index is 0.255. The van der Waals surface area contributed by atoms with E-state index >= 15 is 0 Å². The van der Waals surface area contributed by atoms with Crippen LogP contribution in [0.4, 0.5) is 5.95 Å². The molecule has 5 nitrogen and oxygen atoms in total. The fraction of sp³-hybridized carbons (Fsp3) is 0.846. The van der Waals surface area contributed by atoms with Gasteiger partial charge >= 0.3 is 0 Å². The fourth-order valence-corrected chi connectivity index (χ4v) is 3.24. The molecular weight excluding hydrogens is 228 g/mol. The summed E-state index contributed by atoms with van der Waals surface area (Å²) in [5.74, 6) is 2.28. The summed E-state index contributed by atoms with van der Waals surface area (Å²) in [5, 5.41) is 7.70. The van der Waals surface area contributed by atoms with Crippen LogP contribution in [0.2, 0.25) is 0 Å². The largest absolute Gasteiger partial charge is 0.344 e. The molecule has 1 saturated carbocycles. The molecule has 2 fully saturated rings. The van der Waals surface area contributed by atoms with Gasteiger partial charge in [-0.25, -0.2) is 0 Å². The van der Waals surface area contributed by atoms with Crippen molar-refractivity contribution in [3.8, 4) is 0 Å². The van der Waals surface area contributed by atoms with Crippen molar-refractivity contribution in [3.63, 3.8) is 0 Å². The Bertz CT molecular complexity index is 403. The normalized spacial score (nSPS) is 32.0. The molecule has 3 rings (SSSR count). The van der Waals surface area contributed by atoms with E-state index in [1.54, 1.807) is 0 Å². The van der Waals surface area contributed by atoms with E-state index in [-0.39, 0.29) is 6.04 Å². The van der Waals surface area contributed by atoms with Gasteiger partial charge in [-0.15, -0.1) is 0 Å². The number of nitrogens with one attached hydrogen (secondary N) is 1. The minimum Gasteiger partial charge on any atom is -0.344 e. The third kappa shape index (κ3) is 2.23. The molecule has 0 spiro atoms. The molecule has 1 aromatic rings. The van der Waals surface area contributed by atoms with E-state index < -0.39 is 0 Å². The molecule has 0 amide bonds. The molecule has 3 unspecified atom stereocenters. The molecule has 1 N–H and O–H groups in total. The van der Waals surface area contributed by atoms with Gasteiger partial charge in [0.1, 0.15) is 0 Å². The Kier molecular flexibility index (Phi) is 3.24. The summed E-state index contributed by atoms with van der Waals surface area (Å²) < 4.78 is 5.38. The van der Waals surface area contributed by atoms with E-state index in [9.17, 15) is 0 Å². The molecule has 100 valence electrons. The van der Waals surface area contributed by atoms with Crippen molar-refractivity contribution in [3.05, 3.63) is 5.89 Å². The van der Waals surface area contributed by atoms with Crippen LogP contribution in [0.3, 0.4) is 0 Å². The number of hydrogen-bond donors (Lipinski definition) is 1. The van der Waals surface area contributed by atoms with Crippen LogP contribution in [0.25, 0.3) is 0 Å². The topological polar surface area (TPSA) is 54.2 Å².